The highest BCUT2D eigenvalue weighted by Gasteiger charge is 2.20. The summed E-state index contributed by atoms with van der Waals surface area (Å²) in [5.74, 6) is 0.295. The fourth-order valence-electron chi connectivity index (χ4n) is 2.85. The van der Waals surface area contributed by atoms with Gasteiger partial charge in [0.15, 0.2) is 5.16 Å². The van der Waals surface area contributed by atoms with Gasteiger partial charge in [-0.25, -0.2) is 0 Å². The van der Waals surface area contributed by atoms with Gasteiger partial charge in [-0.1, -0.05) is 62.0 Å². The number of anilines is 1. The van der Waals surface area contributed by atoms with Crippen LogP contribution >= 0.6 is 11.8 Å². The molecule has 1 aromatic heterocycles. The molecule has 140 valence electrons. The summed E-state index contributed by atoms with van der Waals surface area (Å²) in [6.07, 6.45) is 1.67. The highest BCUT2D eigenvalue weighted by Crippen LogP contribution is 2.29. The number of carbonyl (C=O) groups excluding carboxylic acids is 1. The lowest BCUT2D eigenvalue weighted by Crippen LogP contribution is -2.24. The van der Waals surface area contributed by atoms with Crippen LogP contribution in [0.2, 0.25) is 0 Å². The van der Waals surface area contributed by atoms with Gasteiger partial charge in [-0.3, -0.25) is 9.36 Å². The van der Waals surface area contributed by atoms with Crippen molar-refractivity contribution in [1.82, 2.24) is 14.8 Å². The summed E-state index contributed by atoms with van der Waals surface area (Å²) in [6.45, 7) is 8.17. The molecule has 0 saturated heterocycles. The first-order valence-electron chi connectivity index (χ1n) is 9.00. The molecule has 1 heterocycles. The number of hydrogen-bond donors (Lipinski definition) is 1. The van der Waals surface area contributed by atoms with Gasteiger partial charge in [0.05, 0.1) is 5.25 Å². The second-order valence-corrected chi connectivity index (χ2v) is 8.07. The molecule has 0 aliphatic rings. The van der Waals surface area contributed by atoms with Gasteiger partial charge < -0.3 is 5.32 Å². The van der Waals surface area contributed by atoms with Crippen LogP contribution in [0.1, 0.15) is 37.8 Å². The van der Waals surface area contributed by atoms with E-state index < -0.39 is 0 Å². The molecule has 0 aliphatic carbocycles. The molecule has 0 saturated carbocycles. The van der Waals surface area contributed by atoms with Gasteiger partial charge >= 0.3 is 0 Å². The maximum absolute atomic E-state index is 12.8. The molecule has 27 heavy (non-hydrogen) atoms. The average Bonchev–Trinajstić information content (AvgIpc) is 3.11. The van der Waals surface area contributed by atoms with E-state index in [1.165, 1.54) is 11.8 Å². The van der Waals surface area contributed by atoms with Crippen LogP contribution < -0.4 is 5.32 Å². The Balaban J connectivity index is 1.76. The first kappa shape index (κ1) is 19.2. The monoisotopic (exact) mass is 380 g/mol. The molecule has 2 aromatic carbocycles. The molecule has 1 N–H and O–H groups in total. The number of nitrogens with one attached hydrogen (secondary N) is 1. The van der Waals surface area contributed by atoms with Crippen LogP contribution in [0.15, 0.2) is 60.0 Å². The lowest BCUT2D eigenvalue weighted by molar-refractivity contribution is -0.115. The Kier molecular flexibility index (Phi) is 5.96. The zero-order valence-electron chi connectivity index (χ0n) is 16.0. The number of para-hydroxylation sites is 2. The molecule has 0 radical (unpaired) electrons. The van der Waals surface area contributed by atoms with Gasteiger partial charge in [-0.05, 0) is 43.0 Å². The Morgan fingerprint density at radius 1 is 1.07 bits per heavy atom. The summed E-state index contributed by atoms with van der Waals surface area (Å²) in [5.41, 5.74) is 4.10. The molecule has 3 aromatic rings. The minimum absolute atomic E-state index is 0.0428. The SMILES string of the molecule is Cc1cccc(C(C)C)c1NC(=O)[C@H](C)Sc1nncn1-c1ccccc1. The van der Waals surface area contributed by atoms with Crippen molar-refractivity contribution >= 4 is 23.4 Å². The standard InChI is InChI=1S/C21H24N4OS/c1-14(2)18-12-8-9-15(3)19(18)23-20(26)16(4)27-21-24-22-13-25(21)17-10-6-5-7-11-17/h5-14,16H,1-4H3,(H,23,26)/t16-/m0/s1. The number of aryl methyl sites for hydroxylation is 1. The van der Waals surface area contributed by atoms with Crippen LogP contribution in [0.25, 0.3) is 5.69 Å². The summed E-state index contributed by atoms with van der Waals surface area (Å²) in [5, 5.41) is 11.7. The van der Waals surface area contributed by atoms with Crippen molar-refractivity contribution in [2.45, 2.75) is 44.0 Å². The maximum atomic E-state index is 12.8. The molecule has 5 nitrogen and oxygen atoms in total. The minimum Gasteiger partial charge on any atom is -0.325 e. The predicted molar refractivity (Wildman–Crippen MR) is 111 cm³/mol. The second-order valence-electron chi connectivity index (χ2n) is 6.76. The normalized spacial score (nSPS) is 12.2. The first-order valence-corrected chi connectivity index (χ1v) is 9.87. The van der Waals surface area contributed by atoms with Gasteiger partial charge in [-0.15, -0.1) is 10.2 Å². The second kappa shape index (κ2) is 8.39. The van der Waals surface area contributed by atoms with E-state index in [9.17, 15) is 4.79 Å². The smallest absolute Gasteiger partial charge is 0.237 e. The van der Waals surface area contributed by atoms with E-state index in [2.05, 4.69) is 35.4 Å². The number of thioether (sulfide) groups is 1. The van der Waals surface area contributed by atoms with E-state index >= 15 is 0 Å². The number of rotatable bonds is 6. The van der Waals surface area contributed by atoms with E-state index in [1.54, 1.807) is 6.33 Å². The molecule has 0 unspecified atom stereocenters. The lowest BCUT2D eigenvalue weighted by atomic mass is 9.98. The van der Waals surface area contributed by atoms with Crippen LogP contribution in [-0.2, 0) is 4.79 Å². The van der Waals surface area contributed by atoms with Crippen molar-refractivity contribution in [3.63, 3.8) is 0 Å². The van der Waals surface area contributed by atoms with Crippen LogP contribution in [0.5, 0.6) is 0 Å². The number of amides is 1. The summed E-state index contributed by atoms with van der Waals surface area (Å²) in [6, 6.07) is 16.0. The van der Waals surface area contributed by atoms with Gasteiger partial charge in [0.25, 0.3) is 0 Å². The highest BCUT2D eigenvalue weighted by molar-refractivity contribution is 8.00. The third kappa shape index (κ3) is 4.39. The summed E-state index contributed by atoms with van der Waals surface area (Å²) in [7, 11) is 0. The number of carbonyl (C=O) groups is 1. The molecule has 0 fully saturated rings. The van der Waals surface area contributed by atoms with Crippen molar-refractivity contribution < 1.29 is 4.79 Å². The number of benzene rings is 2. The third-order valence-electron chi connectivity index (χ3n) is 4.38. The van der Waals surface area contributed by atoms with E-state index in [4.69, 9.17) is 0 Å². The van der Waals surface area contributed by atoms with E-state index in [0.29, 0.717) is 11.1 Å². The largest absolute Gasteiger partial charge is 0.325 e. The average molecular weight is 381 g/mol. The zero-order chi connectivity index (χ0) is 19.4. The van der Waals surface area contributed by atoms with Gasteiger partial charge in [0, 0.05) is 11.4 Å². The van der Waals surface area contributed by atoms with Crippen LogP contribution in [0.3, 0.4) is 0 Å². The van der Waals surface area contributed by atoms with E-state index in [0.717, 1.165) is 22.5 Å². The quantitative estimate of drug-likeness (QED) is 0.623. The summed E-state index contributed by atoms with van der Waals surface area (Å²) < 4.78 is 1.89. The molecule has 0 bridgehead atoms. The van der Waals surface area contributed by atoms with Crippen molar-refractivity contribution in [2.24, 2.45) is 0 Å². The zero-order valence-corrected chi connectivity index (χ0v) is 16.8. The molecule has 6 heteroatoms. The maximum Gasteiger partial charge on any atom is 0.237 e. The number of aromatic nitrogens is 3. The molecule has 0 aliphatic heterocycles. The van der Waals surface area contributed by atoms with Crippen molar-refractivity contribution in [1.29, 1.82) is 0 Å². The number of nitrogens with zero attached hydrogens (tertiary/aromatic N) is 3. The van der Waals surface area contributed by atoms with Crippen molar-refractivity contribution in [3.8, 4) is 5.69 Å². The van der Waals surface area contributed by atoms with Crippen molar-refractivity contribution in [3.05, 3.63) is 66.0 Å². The van der Waals surface area contributed by atoms with Gasteiger partial charge in [0.1, 0.15) is 6.33 Å². The van der Waals surface area contributed by atoms with Crippen LogP contribution in [0.4, 0.5) is 5.69 Å². The molecule has 1 atom stereocenters. The topological polar surface area (TPSA) is 59.8 Å². The number of hydrogen-bond acceptors (Lipinski definition) is 4. The Morgan fingerprint density at radius 3 is 2.52 bits per heavy atom. The fourth-order valence-corrected chi connectivity index (χ4v) is 3.69. The molecule has 1 amide bonds. The van der Waals surface area contributed by atoms with E-state index in [-0.39, 0.29) is 11.2 Å². The molecule has 3 rings (SSSR count). The predicted octanol–water partition coefficient (Wildman–Crippen LogP) is 4.82. The summed E-state index contributed by atoms with van der Waals surface area (Å²) in [4.78, 5) is 12.8. The van der Waals surface area contributed by atoms with Gasteiger partial charge in [-0.2, -0.15) is 0 Å². The lowest BCUT2D eigenvalue weighted by Gasteiger charge is -2.18. The first-order chi connectivity index (χ1) is 13.0. The Morgan fingerprint density at radius 2 is 1.81 bits per heavy atom. The third-order valence-corrected chi connectivity index (χ3v) is 5.43. The summed E-state index contributed by atoms with van der Waals surface area (Å²) >= 11 is 1.40. The fraction of sp³-hybridized carbons (Fsp3) is 0.286. The van der Waals surface area contributed by atoms with Crippen LogP contribution in [-0.4, -0.2) is 25.9 Å². The van der Waals surface area contributed by atoms with Crippen LogP contribution in [0, 0.1) is 6.92 Å². The van der Waals surface area contributed by atoms with E-state index in [1.807, 2.05) is 60.9 Å². The minimum atomic E-state index is -0.309. The molecular weight excluding hydrogens is 356 g/mol. The van der Waals surface area contributed by atoms with Gasteiger partial charge in [0.2, 0.25) is 5.91 Å². The highest BCUT2D eigenvalue weighted by atomic mass is 32.2. The molecule has 0 spiro atoms. The Labute approximate surface area is 164 Å². The van der Waals surface area contributed by atoms with Crippen molar-refractivity contribution in [2.75, 3.05) is 5.32 Å². The Bertz CT molecular complexity index is 921. The molecular formula is C21H24N4OS. The Hall–Kier alpha value is -2.60.